The van der Waals surface area contributed by atoms with Gasteiger partial charge in [0.15, 0.2) is 11.6 Å². The van der Waals surface area contributed by atoms with E-state index in [0.717, 1.165) is 5.52 Å². The summed E-state index contributed by atoms with van der Waals surface area (Å²) in [5.74, 6) is 0.597. The van der Waals surface area contributed by atoms with Crippen molar-refractivity contribution in [2.75, 3.05) is 0 Å². The van der Waals surface area contributed by atoms with Gasteiger partial charge in [-0.2, -0.15) is 0 Å². The van der Waals surface area contributed by atoms with Crippen molar-refractivity contribution in [1.29, 1.82) is 0 Å². The SMILES string of the molecule is CCC(=O)c1ccc2nc(-c3cc([N+](=O)[O-])cn3C)[nH]c2c1. The Balaban J connectivity index is 2.09. The summed E-state index contributed by atoms with van der Waals surface area (Å²) >= 11 is 0. The van der Waals surface area contributed by atoms with Crippen molar-refractivity contribution in [3.8, 4) is 11.5 Å². The largest absolute Gasteiger partial charge is 0.342 e. The van der Waals surface area contributed by atoms with Crippen LogP contribution in [0.1, 0.15) is 23.7 Å². The highest BCUT2D eigenvalue weighted by atomic mass is 16.6. The molecule has 1 aromatic carbocycles. The van der Waals surface area contributed by atoms with E-state index in [4.69, 9.17) is 0 Å². The first-order valence-electron chi connectivity index (χ1n) is 6.83. The zero-order valence-electron chi connectivity index (χ0n) is 12.2. The predicted octanol–water partition coefficient (Wildman–Crippen LogP) is 3.07. The van der Waals surface area contributed by atoms with Crippen molar-refractivity contribution < 1.29 is 9.72 Å². The summed E-state index contributed by atoms with van der Waals surface area (Å²) in [6.07, 6.45) is 1.88. The number of hydrogen-bond acceptors (Lipinski definition) is 4. The van der Waals surface area contributed by atoms with Crippen LogP contribution in [0.25, 0.3) is 22.6 Å². The molecular weight excluding hydrogens is 284 g/mol. The molecule has 3 rings (SSSR count). The highest BCUT2D eigenvalue weighted by molar-refractivity contribution is 5.99. The van der Waals surface area contributed by atoms with Crippen LogP contribution in [0, 0.1) is 10.1 Å². The Morgan fingerprint density at radius 3 is 2.82 bits per heavy atom. The van der Waals surface area contributed by atoms with Gasteiger partial charge in [0.1, 0.15) is 0 Å². The van der Waals surface area contributed by atoms with E-state index in [-0.39, 0.29) is 11.5 Å². The van der Waals surface area contributed by atoms with Gasteiger partial charge in [-0.3, -0.25) is 14.9 Å². The number of rotatable bonds is 4. The molecule has 7 heteroatoms. The number of aryl methyl sites for hydroxylation is 1. The van der Waals surface area contributed by atoms with Gasteiger partial charge in [-0.1, -0.05) is 6.92 Å². The van der Waals surface area contributed by atoms with E-state index in [1.54, 1.807) is 29.8 Å². The molecule has 0 unspecified atom stereocenters. The number of benzene rings is 1. The van der Waals surface area contributed by atoms with Crippen LogP contribution in [-0.4, -0.2) is 25.2 Å². The number of Topliss-reactive ketones (excluding diaryl/α,β-unsaturated/α-hetero) is 1. The molecule has 112 valence electrons. The lowest BCUT2D eigenvalue weighted by molar-refractivity contribution is -0.384. The Hall–Kier alpha value is -2.96. The molecule has 0 radical (unpaired) electrons. The number of nitrogens with zero attached hydrogens (tertiary/aromatic N) is 3. The number of H-pyrrole nitrogens is 1. The summed E-state index contributed by atoms with van der Waals surface area (Å²) in [7, 11) is 1.72. The molecule has 0 bridgehead atoms. The number of hydrogen-bond donors (Lipinski definition) is 1. The maximum absolute atomic E-state index is 11.8. The van der Waals surface area contributed by atoms with Crippen molar-refractivity contribution >= 4 is 22.5 Å². The average molecular weight is 298 g/mol. The van der Waals surface area contributed by atoms with Crippen LogP contribution >= 0.6 is 0 Å². The molecule has 0 saturated carbocycles. The van der Waals surface area contributed by atoms with Gasteiger partial charge in [0.2, 0.25) is 0 Å². The molecule has 0 saturated heterocycles. The first-order chi connectivity index (χ1) is 10.5. The molecule has 22 heavy (non-hydrogen) atoms. The average Bonchev–Trinajstić information content (AvgIpc) is 3.08. The third-order valence-electron chi connectivity index (χ3n) is 3.57. The number of aromatic nitrogens is 3. The number of nitro groups is 1. The first-order valence-corrected chi connectivity index (χ1v) is 6.83. The number of fused-ring (bicyclic) bond motifs is 1. The van der Waals surface area contributed by atoms with Crippen molar-refractivity contribution in [3.05, 3.63) is 46.1 Å². The highest BCUT2D eigenvalue weighted by Gasteiger charge is 2.16. The van der Waals surface area contributed by atoms with Crippen LogP contribution in [0.4, 0.5) is 5.69 Å². The maximum atomic E-state index is 11.8. The van der Waals surface area contributed by atoms with Crippen LogP contribution < -0.4 is 0 Å². The fraction of sp³-hybridized carbons (Fsp3) is 0.200. The quantitative estimate of drug-likeness (QED) is 0.455. The van der Waals surface area contributed by atoms with Crippen LogP contribution in [0.3, 0.4) is 0 Å². The fourth-order valence-corrected chi connectivity index (χ4v) is 2.39. The van der Waals surface area contributed by atoms with Crippen molar-refractivity contribution in [2.24, 2.45) is 7.05 Å². The topological polar surface area (TPSA) is 93.8 Å². The van der Waals surface area contributed by atoms with E-state index in [1.807, 2.05) is 6.92 Å². The van der Waals surface area contributed by atoms with Gasteiger partial charge < -0.3 is 9.55 Å². The Bertz CT molecular complexity index is 891. The van der Waals surface area contributed by atoms with Crippen LogP contribution in [0.5, 0.6) is 0 Å². The Morgan fingerprint density at radius 2 is 2.18 bits per heavy atom. The standard InChI is InChI=1S/C15H14N4O3/c1-3-14(20)9-4-5-11-12(6-9)17-15(16-11)13-7-10(19(21)22)8-18(13)2/h4-8H,3H2,1-2H3,(H,16,17). The predicted molar refractivity (Wildman–Crippen MR) is 81.8 cm³/mol. The Kier molecular flexibility index (Phi) is 3.25. The summed E-state index contributed by atoms with van der Waals surface area (Å²) < 4.78 is 1.65. The third-order valence-corrected chi connectivity index (χ3v) is 3.57. The highest BCUT2D eigenvalue weighted by Crippen LogP contribution is 2.26. The Labute approximate surface area is 125 Å². The zero-order chi connectivity index (χ0) is 15.9. The van der Waals surface area contributed by atoms with E-state index in [0.29, 0.717) is 29.0 Å². The van der Waals surface area contributed by atoms with Crippen LogP contribution in [-0.2, 0) is 7.05 Å². The number of nitrogens with one attached hydrogen (secondary N) is 1. The molecule has 0 atom stereocenters. The normalized spacial score (nSPS) is 11.0. The molecule has 0 aliphatic carbocycles. The monoisotopic (exact) mass is 298 g/mol. The summed E-state index contributed by atoms with van der Waals surface area (Å²) in [5.41, 5.74) is 2.71. The van der Waals surface area contributed by atoms with Gasteiger partial charge in [0, 0.05) is 25.1 Å². The maximum Gasteiger partial charge on any atom is 0.287 e. The smallest absolute Gasteiger partial charge is 0.287 e. The molecule has 0 amide bonds. The van der Waals surface area contributed by atoms with Crippen molar-refractivity contribution in [2.45, 2.75) is 13.3 Å². The molecule has 2 heterocycles. The molecule has 7 nitrogen and oxygen atoms in total. The van der Waals surface area contributed by atoms with E-state index < -0.39 is 4.92 Å². The molecule has 0 aliphatic heterocycles. The lowest BCUT2D eigenvalue weighted by atomic mass is 10.1. The van der Waals surface area contributed by atoms with Gasteiger partial charge in [0.05, 0.1) is 27.8 Å². The summed E-state index contributed by atoms with van der Waals surface area (Å²) in [6.45, 7) is 1.81. The number of aromatic amines is 1. The molecule has 2 aromatic heterocycles. The fourth-order valence-electron chi connectivity index (χ4n) is 2.39. The van der Waals surface area contributed by atoms with E-state index in [2.05, 4.69) is 9.97 Å². The molecule has 0 fully saturated rings. The van der Waals surface area contributed by atoms with Crippen LogP contribution in [0.15, 0.2) is 30.5 Å². The summed E-state index contributed by atoms with van der Waals surface area (Å²) in [6, 6.07) is 6.74. The van der Waals surface area contributed by atoms with Gasteiger partial charge >= 0.3 is 0 Å². The van der Waals surface area contributed by atoms with E-state index in [9.17, 15) is 14.9 Å². The Morgan fingerprint density at radius 1 is 1.41 bits per heavy atom. The minimum absolute atomic E-state index is 0.0137. The lowest BCUT2D eigenvalue weighted by Crippen LogP contribution is -1.95. The summed E-state index contributed by atoms with van der Waals surface area (Å²) in [5, 5.41) is 10.8. The summed E-state index contributed by atoms with van der Waals surface area (Å²) in [4.78, 5) is 29.7. The van der Waals surface area contributed by atoms with Crippen molar-refractivity contribution in [3.63, 3.8) is 0 Å². The second-order valence-electron chi connectivity index (χ2n) is 5.05. The number of imidazole rings is 1. The van der Waals surface area contributed by atoms with E-state index in [1.165, 1.54) is 12.3 Å². The van der Waals surface area contributed by atoms with Gasteiger partial charge in [-0.05, 0) is 18.2 Å². The molecule has 0 spiro atoms. The van der Waals surface area contributed by atoms with Gasteiger partial charge in [-0.15, -0.1) is 0 Å². The molecular formula is C15H14N4O3. The third kappa shape index (κ3) is 2.26. The number of carbonyl (C=O) groups is 1. The minimum atomic E-state index is -0.440. The zero-order valence-corrected chi connectivity index (χ0v) is 12.2. The second-order valence-corrected chi connectivity index (χ2v) is 5.05. The molecule has 3 aromatic rings. The lowest BCUT2D eigenvalue weighted by Gasteiger charge is -1.97. The van der Waals surface area contributed by atoms with Gasteiger partial charge in [0.25, 0.3) is 5.69 Å². The van der Waals surface area contributed by atoms with E-state index >= 15 is 0 Å². The van der Waals surface area contributed by atoms with Crippen molar-refractivity contribution in [1.82, 2.24) is 14.5 Å². The van der Waals surface area contributed by atoms with Gasteiger partial charge in [-0.25, -0.2) is 4.98 Å². The first kappa shape index (κ1) is 14.0. The molecule has 0 aliphatic rings. The van der Waals surface area contributed by atoms with Crippen LogP contribution in [0.2, 0.25) is 0 Å². The second kappa shape index (κ2) is 5.10. The number of carbonyl (C=O) groups excluding carboxylic acids is 1. The minimum Gasteiger partial charge on any atom is -0.342 e. The molecule has 1 N–H and O–H groups in total. The number of ketones is 1.